The van der Waals surface area contributed by atoms with E-state index in [-0.39, 0.29) is 6.10 Å². The number of aromatic nitrogens is 3. The van der Waals surface area contributed by atoms with E-state index in [9.17, 15) is 0 Å². The highest BCUT2D eigenvalue weighted by Gasteiger charge is 2.09. The first-order valence-electron chi connectivity index (χ1n) is 9.68. The Morgan fingerprint density at radius 3 is 2.75 bits per heavy atom. The second kappa shape index (κ2) is 10.5. The molecule has 1 heterocycles. The molecule has 28 heavy (non-hydrogen) atoms. The van der Waals surface area contributed by atoms with Crippen LogP contribution in [0.2, 0.25) is 0 Å². The average molecular weight is 385 g/mol. The molecule has 0 aliphatic carbocycles. The number of rotatable bonds is 9. The zero-order chi connectivity index (χ0) is 20.5. The molecule has 0 bridgehead atoms. The maximum atomic E-state index is 6.09. The van der Waals surface area contributed by atoms with Gasteiger partial charge in [0.15, 0.2) is 11.8 Å². The molecule has 0 aliphatic rings. The number of ether oxygens (including phenoxy) is 1. The van der Waals surface area contributed by atoms with E-state index in [4.69, 9.17) is 9.73 Å². The second-order valence-electron chi connectivity index (χ2n) is 6.86. The molecule has 2 aromatic rings. The Hall–Kier alpha value is -2.83. The van der Waals surface area contributed by atoms with E-state index in [0.717, 1.165) is 29.4 Å². The first kappa shape index (κ1) is 21.5. The van der Waals surface area contributed by atoms with Gasteiger partial charge in [-0.15, -0.1) is 16.8 Å². The Morgan fingerprint density at radius 1 is 1.32 bits per heavy atom. The Labute approximate surface area is 167 Å². The van der Waals surface area contributed by atoms with Crippen molar-refractivity contribution in [3.05, 3.63) is 53.6 Å². The summed E-state index contributed by atoms with van der Waals surface area (Å²) in [6.07, 6.45) is 2.93. The van der Waals surface area contributed by atoms with Gasteiger partial charge in [0.05, 0.1) is 19.2 Å². The predicted octanol–water partition coefficient (Wildman–Crippen LogP) is 3.03. The van der Waals surface area contributed by atoms with Crippen molar-refractivity contribution in [2.24, 2.45) is 12.0 Å². The van der Waals surface area contributed by atoms with Gasteiger partial charge in [-0.25, -0.2) is 4.99 Å². The van der Waals surface area contributed by atoms with Crippen LogP contribution in [0.1, 0.15) is 43.0 Å². The third kappa shape index (κ3) is 6.11. The quantitative estimate of drug-likeness (QED) is 0.395. The Bertz CT molecular complexity index is 811. The van der Waals surface area contributed by atoms with E-state index < -0.39 is 0 Å². The van der Waals surface area contributed by atoms with Crippen molar-refractivity contribution in [2.75, 3.05) is 6.54 Å². The van der Waals surface area contributed by atoms with Crippen LogP contribution in [0.3, 0.4) is 0 Å². The molecule has 1 unspecified atom stereocenters. The van der Waals surface area contributed by atoms with E-state index in [1.54, 1.807) is 6.08 Å². The molecular formula is C21H32N6O. The van der Waals surface area contributed by atoms with Gasteiger partial charge in [0, 0.05) is 19.2 Å². The van der Waals surface area contributed by atoms with E-state index in [1.165, 1.54) is 5.56 Å². The molecule has 0 saturated heterocycles. The second-order valence-corrected chi connectivity index (χ2v) is 6.86. The molecule has 152 valence electrons. The molecule has 0 amide bonds. The number of aryl methyl sites for hydroxylation is 2. The van der Waals surface area contributed by atoms with Gasteiger partial charge in [-0.1, -0.05) is 25.1 Å². The molecule has 7 nitrogen and oxygen atoms in total. The summed E-state index contributed by atoms with van der Waals surface area (Å²) in [6, 6.07) is 6.23. The number of nitrogens with one attached hydrogen (secondary N) is 2. The molecule has 0 spiro atoms. The Balaban J connectivity index is 2.13. The lowest BCUT2D eigenvalue weighted by atomic mass is 10.1. The van der Waals surface area contributed by atoms with Crippen molar-refractivity contribution in [3.63, 3.8) is 0 Å². The fourth-order valence-corrected chi connectivity index (χ4v) is 2.48. The van der Waals surface area contributed by atoms with Gasteiger partial charge in [-0.3, -0.25) is 0 Å². The SMILES string of the molecule is C=CCNC(=NCc1ccc(C)cc1OC(C)CC)NCc1nnc(C)n1C. The third-order valence-corrected chi connectivity index (χ3v) is 4.54. The van der Waals surface area contributed by atoms with Crippen molar-refractivity contribution < 1.29 is 4.74 Å². The summed E-state index contributed by atoms with van der Waals surface area (Å²) in [6.45, 7) is 13.6. The molecule has 0 aliphatic heterocycles. The van der Waals surface area contributed by atoms with Gasteiger partial charge in [-0.05, 0) is 38.8 Å². The molecule has 2 rings (SSSR count). The number of hydrogen-bond donors (Lipinski definition) is 2. The molecule has 1 aromatic carbocycles. The molecule has 7 heteroatoms. The fraction of sp³-hybridized carbons (Fsp3) is 0.476. The van der Waals surface area contributed by atoms with Crippen LogP contribution in [0, 0.1) is 13.8 Å². The molecule has 2 N–H and O–H groups in total. The minimum Gasteiger partial charge on any atom is -0.490 e. The van der Waals surface area contributed by atoms with Crippen LogP contribution in [0.25, 0.3) is 0 Å². The lowest BCUT2D eigenvalue weighted by molar-refractivity contribution is 0.215. The highest BCUT2D eigenvalue weighted by Crippen LogP contribution is 2.23. The highest BCUT2D eigenvalue weighted by atomic mass is 16.5. The summed E-state index contributed by atoms with van der Waals surface area (Å²) in [5.74, 6) is 3.31. The van der Waals surface area contributed by atoms with Crippen molar-refractivity contribution in [1.29, 1.82) is 0 Å². The van der Waals surface area contributed by atoms with Crippen LogP contribution in [0.15, 0.2) is 35.8 Å². The van der Waals surface area contributed by atoms with Gasteiger partial charge in [0.25, 0.3) is 0 Å². The largest absolute Gasteiger partial charge is 0.490 e. The fourth-order valence-electron chi connectivity index (χ4n) is 2.48. The van der Waals surface area contributed by atoms with Crippen LogP contribution in [0.4, 0.5) is 0 Å². The number of hydrogen-bond acceptors (Lipinski definition) is 4. The highest BCUT2D eigenvalue weighted by molar-refractivity contribution is 5.79. The summed E-state index contributed by atoms with van der Waals surface area (Å²) in [7, 11) is 1.95. The summed E-state index contributed by atoms with van der Waals surface area (Å²) >= 11 is 0. The van der Waals surface area contributed by atoms with Crippen LogP contribution in [-0.4, -0.2) is 33.4 Å². The minimum absolute atomic E-state index is 0.167. The van der Waals surface area contributed by atoms with Gasteiger partial charge < -0.3 is 19.9 Å². The minimum atomic E-state index is 0.167. The first-order chi connectivity index (χ1) is 13.4. The maximum absolute atomic E-state index is 6.09. The summed E-state index contributed by atoms with van der Waals surface area (Å²) in [5.41, 5.74) is 2.23. The molecule has 1 atom stereocenters. The van der Waals surface area contributed by atoms with Gasteiger partial charge >= 0.3 is 0 Å². The van der Waals surface area contributed by atoms with Crippen LogP contribution in [-0.2, 0) is 20.1 Å². The molecular weight excluding hydrogens is 352 g/mol. The lowest BCUT2D eigenvalue weighted by Crippen LogP contribution is -2.37. The average Bonchev–Trinajstić information content (AvgIpc) is 3.00. The van der Waals surface area contributed by atoms with Gasteiger partial charge in [0.2, 0.25) is 0 Å². The standard InChI is InChI=1S/C21H32N6O/c1-7-11-22-21(24-14-20-26-25-17(5)27(20)6)23-13-18-10-9-15(3)12-19(18)28-16(4)8-2/h7,9-10,12,16H,1,8,11,13-14H2,2-6H3,(H2,22,23,24). The van der Waals surface area contributed by atoms with E-state index >= 15 is 0 Å². The number of nitrogens with zero attached hydrogens (tertiary/aromatic N) is 4. The van der Waals surface area contributed by atoms with Crippen molar-refractivity contribution in [2.45, 2.75) is 53.3 Å². The van der Waals surface area contributed by atoms with Crippen molar-refractivity contribution in [1.82, 2.24) is 25.4 Å². The van der Waals surface area contributed by atoms with E-state index in [0.29, 0.717) is 25.6 Å². The third-order valence-electron chi connectivity index (χ3n) is 4.54. The van der Waals surface area contributed by atoms with E-state index in [1.807, 2.05) is 18.5 Å². The Morgan fingerprint density at radius 2 is 2.11 bits per heavy atom. The van der Waals surface area contributed by atoms with Crippen LogP contribution in [0.5, 0.6) is 5.75 Å². The zero-order valence-corrected chi connectivity index (χ0v) is 17.6. The number of guanidine groups is 1. The maximum Gasteiger partial charge on any atom is 0.192 e. The van der Waals surface area contributed by atoms with Crippen molar-refractivity contribution >= 4 is 5.96 Å². The Kier molecular flexibility index (Phi) is 8.04. The molecule has 0 fully saturated rings. The predicted molar refractivity (Wildman–Crippen MR) is 113 cm³/mol. The summed E-state index contributed by atoms with van der Waals surface area (Å²) in [5, 5.41) is 14.8. The van der Waals surface area contributed by atoms with Gasteiger partial charge in [-0.2, -0.15) is 0 Å². The molecule has 1 aromatic heterocycles. The zero-order valence-electron chi connectivity index (χ0n) is 17.6. The van der Waals surface area contributed by atoms with Gasteiger partial charge in [0.1, 0.15) is 11.6 Å². The smallest absolute Gasteiger partial charge is 0.192 e. The molecule has 0 saturated carbocycles. The number of benzene rings is 1. The summed E-state index contributed by atoms with van der Waals surface area (Å²) in [4.78, 5) is 4.72. The number of aliphatic imine (C=N–C) groups is 1. The van der Waals surface area contributed by atoms with E-state index in [2.05, 4.69) is 66.4 Å². The normalized spacial score (nSPS) is 12.5. The van der Waals surface area contributed by atoms with Crippen LogP contribution >= 0.6 is 0 Å². The van der Waals surface area contributed by atoms with Crippen LogP contribution < -0.4 is 15.4 Å². The topological polar surface area (TPSA) is 76.4 Å². The first-order valence-corrected chi connectivity index (χ1v) is 9.68. The van der Waals surface area contributed by atoms with Crippen molar-refractivity contribution in [3.8, 4) is 5.75 Å². The monoisotopic (exact) mass is 384 g/mol. The molecule has 0 radical (unpaired) electrons. The summed E-state index contributed by atoms with van der Waals surface area (Å²) < 4.78 is 8.04. The lowest BCUT2D eigenvalue weighted by Gasteiger charge is -2.17.